The van der Waals surface area contributed by atoms with Crippen molar-refractivity contribution in [2.45, 2.75) is 103 Å². The van der Waals surface area contributed by atoms with Crippen LogP contribution in [0.25, 0.3) is 44.5 Å². The first-order valence-corrected chi connectivity index (χ1v) is 26.4. The van der Waals surface area contributed by atoms with Crippen molar-refractivity contribution in [1.82, 2.24) is 0 Å². The van der Waals surface area contributed by atoms with E-state index in [2.05, 4.69) is 236 Å². The Balaban J connectivity index is 1.00. The van der Waals surface area contributed by atoms with Crippen LogP contribution in [0.2, 0.25) is 0 Å². The molecule has 1 nitrogen and oxygen atoms in total. The van der Waals surface area contributed by atoms with Gasteiger partial charge in [0.1, 0.15) is 0 Å². The van der Waals surface area contributed by atoms with E-state index >= 15 is 0 Å². The molecule has 8 aromatic rings. The highest BCUT2D eigenvalue weighted by Crippen LogP contribution is 2.53. The summed E-state index contributed by atoms with van der Waals surface area (Å²) in [7, 11) is -2.54. The molecule has 2 heteroatoms. The highest BCUT2D eigenvalue weighted by Gasteiger charge is 2.54. The van der Waals surface area contributed by atoms with E-state index in [1.165, 1.54) is 124 Å². The molecule has 0 saturated carbocycles. The van der Waals surface area contributed by atoms with Gasteiger partial charge >= 0.3 is 0 Å². The Bertz CT molecular complexity index is 3210. The first-order valence-electron chi connectivity index (χ1n) is 24.4. The minimum absolute atomic E-state index is 0.0213. The fourth-order valence-corrected chi connectivity index (χ4v) is 18.6. The second-order valence-corrected chi connectivity index (χ2v) is 26.2. The summed E-state index contributed by atoms with van der Waals surface area (Å²) in [6.45, 7) is 19.5. The van der Waals surface area contributed by atoms with E-state index in [0.29, 0.717) is 0 Å². The smallest absolute Gasteiger partial charge is 0.182 e. The lowest BCUT2D eigenvalue weighted by Gasteiger charge is -2.44. The zero-order valence-electron chi connectivity index (χ0n) is 40.0. The third-order valence-electron chi connectivity index (χ3n) is 16.8. The lowest BCUT2D eigenvalue weighted by molar-refractivity contribution is 0.332. The molecule has 0 aromatic heterocycles. The SMILES string of the molecule is CC1(C)CCC(C)(C)c2cc(-c3cccc(N(c4ccc(-c5ccc6c(c5)[Si]5(c7ccccc7-c7ccccc75)c5ccccc5-6)cc4)c4cccc5c4C(C)(C)CCC5(C)C)c3)ccc21. The van der Waals surface area contributed by atoms with E-state index in [9.17, 15) is 0 Å². The predicted octanol–water partition coefficient (Wildman–Crippen LogP) is 14.5. The number of hydrogen-bond donors (Lipinski definition) is 0. The average Bonchev–Trinajstić information content (AvgIpc) is 3.79. The minimum Gasteiger partial charge on any atom is -0.310 e. The van der Waals surface area contributed by atoms with Crippen molar-refractivity contribution in [3.63, 3.8) is 0 Å². The van der Waals surface area contributed by atoms with Crippen LogP contribution in [0.1, 0.15) is 103 Å². The average molecular weight is 872 g/mol. The Hall–Kier alpha value is -6.22. The molecular formula is C64H61NSi. The fraction of sp³-hybridized carbons (Fsp3) is 0.250. The molecule has 2 heterocycles. The van der Waals surface area contributed by atoms with Gasteiger partial charge in [-0.3, -0.25) is 0 Å². The molecule has 1 spiro atoms. The number of anilines is 3. The van der Waals surface area contributed by atoms with Gasteiger partial charge in [0.15, 0.2) is 8.07 Å². The standard InChI is InChI=1S/C64H61NSi/c1-61(2)35-36-63(5,6)54-40-44(30-34-52(54)61)43-17-15-18-47(39-43)65(55-23-16-22-53-60(55)64(7,8)38-37-62(53,3)4)46-31-27-42(28-32-46)45-29-33-51-50-21-11-14-26-58(50)66(59(51)41-45)56-24-12-9-19-48(56)49-20-10-13-25-57(49)66/h9-34,39-41H,35-38H2,1-8H3. The molecule has 0 fully saturated rings. The van der Waals surface area contributed by atoms with Gasteiger partial charge in [-0.05, 0) is 165 Å². The van der Waals surface area contributed by atoms with Gasteiger partial charge in [-0.25, -0.2) is 0 Å². The molecular weight excluding hydrogens is 811 g/mol. The van der Waals surface area contributed by atoms with E-state index < -0.39 is 8.07 Å². The maximum absolute atomic E-state index is 2.57. The number of fused-ring (bicyclic) bond motifs is 12. The summed E-state index contributed by atoms with van der Waals surface area (Å²) in [6.07, 6.45) is 4.76. The molecule has 2 aliphatic carbocycles. The van der Waals surface area contributed by atoms with Crippen LogP contribution in [0.3, 0.4) is 0 Å². The van der Waals surface area contributed by atoms with Gasteiger partial charge in [0.2, 0.25) is 0 Å². The first kappa shape index (κ1) is 41.2. The van der Waals surface area contributed by atoms with E-state index in [4.69, 9.17) is 0 Å². The fourth-order valence-electron chi connectivity index (χ4n) is 13.0. The van der Waals surface area contributed by atoms with E-state index in [-0.39, 0.29) is 21.7 Å². The van der Waals surface area contributed by atoms with Crippen LogP contribution in [0.15, 0.2) is 176 Å². The predicted molar refractivity (Wildman–Crippen MR) is 284 cm³/mol. The largest absolute Gasteiger partial charge is 0.310 e. The lowest BCUT2D eigenvalue weighted by atomic mass is 9.62. The van der Waals surface area contributed by atoms with Crippen LogP contribution in [0.5, 0.6) is 0 Å². The first-order chi connectivity index (χ1) is 31.7. The zero-order chi connectivity index (χ0) is 45.4. The van der Waals surface area contributed by atoms with Crippen molar-refractivity contribution in [3.8, 4) is 44.5 Å². The summed E-state index contributed by atoms with van der Waals surface area (Å²) in [5, 5.41) is 6.06. The highest BCUT2D eigenvalue weighted by molar-refractivity contribution is 7.24. The highest BCUT2D eigenvalue weighted by atomic mass is 28.3. The summed E-state index contributed by atoms with van der Waals surface area (Å²) >= 11 is 0. The van der Waals surface area contributed by atoms with Crippen LogP contribution in [-0.4, -0.2) is 8.07 Å². The summed E-state index contributed by atoms with van der Waals surface area (Å²) in [5.74, 6) is 0. The molecule has 8 aromatic carbocycles. The second kappa shape index (κ2) is 14.4. The van der Waals surface area contributed by atoms with Crippen molar-refractivity contribution < 1.29 is 0 Å². The normalized spacial score (nSPS) is 18.1. The molecule has 0 N–H and O–H groups in total. The Morgan fingerprint density at radius 3 is 1.45 bits per heavy atom. The van der Waals surface area contributed by atoms with Crippen molar-refractivity contribution in [3.05, 3.63) is 198 Å². The monoisotopic (exact) mass is 871 g/mol. The van der Waals surface area contributed by atoms with Crippen molar-refractivity contribution in [2.75, 3.05) is 4.90 Å². The molecule has 0 unspecified atom stereocenters. The molecule has 12 rings (SSSR count). The Labute approximate surface area is 394 Å². The van der Waals surface area contributed by atoms with E-state index in [1.54, 1.807) is 0 Å². The molecule has 326 valence electrons. The van der Waals surface area contributed by atoms with Gasteiger partial charge in [-0.1, -0.05) is 201 Å². The zero-order valence-corrected chi connectivity index (χ0v) is 41.0. The molecule has 0 bridgehead atoms. The number of nitrogens with zero attached hydrogens (tertiary/aromatic N) is 1. The van der Waals surface area contributed by atoms with E-state index in [0.717, 1.165) is 6.42 Å². The maximum atomic E-state index is 2.57. The van der Waals surface area contributed by atoms with Crippen LogP contribution < -0.4 is 25.6 Å². The molecule has 4 aliphatic rings. The van der Waals surface area contributed by atoms with Crippen molar-refractivity contribution in [1.29, 1.82) is 0 Å². The third-order valence-corrected chi connectivity index (χ3v) is 21.8. The minimum atomic E-state index is -2.54. The van der Waals surface area contributed by atoms with Gasteiger partial charge in [-0.2, -0.15) is 0 Å². The van der Waals surface area contributed by atoms with Crippen LogP contribution >= 0.6 is 0 Å². The number of benzene rings is 8. The van der Waals surface area contributed by atoms with Gasteiger partial charge in [0, 0.05) is 11.4 Å². The molecule has 2 aliphatic heterocycles. The quantitative estimate of drug-likeness (QED) is 0.156. The van der Waals surface area contributed by atoms with Crippen molar-refractivity contribution in [2.24, 2.45) is 0 Å². The molecule has 0 saturated heterocycles. The third kappa shape index (κ3) is 5.96. The van der Waals surface area contributed by atoms with Gasteiger partial charge in [0.05, 0.1) is 5.69 Å². The summed E-state index contributed by atoms with van der Waals surface area (Å²) in [5.41, 5.74) is 20.7. The van der Waals surface area contributed by atoms with Crippen LogP contribution in [0, 0.1) is 0 Å². The Kier molecular flexibility index (Phi) is 8.99. The summed E-state index contributed by atoms with van der Waals surface area (Å²) < 4.78 is 0. The van der Waals surface area contributed by atoms with Crippen LogP contribution in [0.4, 0.5) is 17.1 Å². The van der Waals surface area contributed by atoms with Gasteiger partial charge in [-0.15, -0.1) is 0 Å². The van der Waals surface area contributed by atoms with Crippen LogP contribution in [-0.2, 0) is 21.7 Å². The summed E-state index contributed by atoms with van der Waals surface area (Å²) in [6, 6.07) is 68.3. The maximum Gasteiger partial charge on any atom is 0.182 e. The molecule has 0 amide bonds. The Morgan fingerprint density at radius 2 is 0.818 bits per heavy atom. The van der Waals surface area contributed by atoms with Crippen molar-refractivity contribution >= 4 is 45.9 Å². The topological polar surface area (TPSA) is 3.24 Å². The molecule has 66 heavy (non-hydrogen) atoms. The lowest BCUT2D eigenvalue weighted by Crippen LogP contribution is -2.70. The Morgan fingerprint density at radius 1 is 0.333 bits per heavy atom. The van der Waals surface area contributed by atoms with Gasteiger partial charge in [0.25, 0.3) is 0 Å². The molecule has 0 radical (unpaired) electrons. The number of hydrogen-bond acceptors (Lipinski definition) is 1. The molecule has 0 atom stereocenters. The summed E-state index contributed by atoms with van der Waals surface area (Å²) in [4.78, 5) is 2.56. The second-order valence-electron chi connectivity index (χ2n) is 22.6. The van der Waals surface area contributed by atoms with E-state index in [1.807, 2.05) is 0 Å². The van der Waals surface area contributed by atoms with Gasteiger partial charge < -0.3 is 4.90 Å². The number of rotatable bonds is 5.